The number of amides is 1. The van der Waals surface area contributed by atoms with Crippen LogP contribution in [0.3, 0.4) is 0 Å². The fraction of sp³-hybridized carbons (Fsp3) is 0.467. The van der Waals surface area contributed by atoms with Crippen molar-refractivity contribution in [2.24, 2.45) is 5.73 Å². The minimum Gasteiger partial charge on any atom is -0.481 e. The molecule has 9 heteroatoms. The summed E-state index contributed by atoms with van der Waals surface area (Å²) in [5.74, 6) is 1.12. The molecule has 2 aromatic heterocycles. The van der Waals surface area contributed by atoms with Gasteiger partial charge in [0.15, 0.2) is 0 Å². The van der Waals surface area contributed by atoms with Gasteiger partial charge >= 0.3 is 6.01 Å². The highest BCUT2D eigenvalue weighted by atomic mass is 32.1. The van der Waals surface area contributed by atoms with Gasteiger partial charge in [0.1, 0.15) is 11.5 Å². The van der Waals surface area contributed by atoms with Crippen molar-refractivity contribution in [3.05, 3.63) is 22.1 Å². The van der Waals surface area contributed by atoms with Crippen molar-refractivity contribution in [2.75, 3.05) is 32.2 Å². The molecular weight excluding hydrogens is 330 g/mol. The van der Waals surface area contributed by atoms with Crippen molar-refractivity contribution >= 4 is 23.1 Å². The summed E-state index contributed by atoms with van der Waals surface area (Å²) < 4.78 is 10.3. The third kappa shape index (κ3) is 3.40. The van der Waals surface area contributed by atoms with Gasteiger partial charge in [0.2, 0.25) is 5.88 Å². The summed E-state index contributed by atoms with van der Waals surface area (Å²) in [5.41, 5.74) is 5.62. The number of anilines is 1. The third-order valence-corrected chi connectivity index (χ3v) is 5.01. The predicted molar refractivity (Wildman–Crippen MR) is 90.0 cm³/mol. The molecule has 24 heavy (non-hydrogen) atoms. The molecule has 0 saturated carbocycles. The summed E-state index contributed by atoms with van der Waals surface area (Å²) in [6, 6.07) is 2.09. The minimum atomic E-state index is -0.477. The number of piperidine rings is 1. The Balaban J connectivity index is 1.69. The van der Waals surface area contributed by atoms with Gasteiger partial charge in [-0.25, -0.2) is 4.98 Å². The van der Waals surface area contributed by atoms with Crippen LogP contribution < -0.4 is 20.1 Å². The Bertz CT molecular complexity index is 705. The van der Waals surface area contributed by atoms with Crippen molar-refractivity contribution in [2.45, 2.75) is 18.8 Å². The van der Waals surface area contributed by atoms with Gasteiger partial charge in [0.25, 0.3) is 5.91 Å². The third-order valence-electron chi connectivity index (χ3n) is 4.00. The normalized spacial score (nSPS) is 15.3. The number of carbonyl (C=O) groups is 1. The van der Waals surface area contributed by atoms with E-state index in [1.165, 1.54) is 18.4 Å². The second-order valence-electron chi connectivity index (χ2n) is 5.45. The Morgan fingerprint density at radius 2 is 2.00 bits per heavy atom. The zero-order valence-corrected chi connectivity index (χ0v) is 14.4. The molecule has 0 aliphatic carbocycles. The summed E-state index contributed by atoms with van der Waals surface area (Å²) >= 11 is 1.50. The Morgan fingerprint density at radius 1 is 1.25 bits per heavy atom. The minimum absolute atomic E-state index is 0.289. The number of rotatable bonds is 5. The van der Waals surface area contributed by atoms with Crippen molar-refractivity contribution in [3.63, 3.8) is 0 Å². The standard InChI is InChI=1S/C15H19N5O3S/c1-22-12-7-11(18-15(19-12)23-2)20-5-3-9(4-6-20)14-17-10(8-24-14)13(16)21/h7-9H,3-6H2,1-2H3,(H2,16,21). The Morgan fingerprint density at radius 3 is 2.58 bits per heavy atom. The molecule has 0 unspecified atom stereocenters. The summed E-state index contributed by atoms with van der Waals surface area (Å²) in [5, 5.41) is 2.70. The highest BCUT2D eigenvalue weighted by Crippen LogP contribution is 2.32. The number of primary amides is 1. The maximum atomic E-state index is 11.2. The van der Waals surface area contributed by atoms with Gasteiger partial charge in [0, 0.05) is 30.5 Å². The van der Waals surface area contributed by atoms with Gasteiger partial charge in [-0.2, -0.15) is 9.97 Å². The van der Waals surface area contributed by atoms with Crippen molar-refractivity contribution in [1.29, 1.82) is 0 Å². The van der Waals surface area contributed by atoms with Gasteiger partial charge in [-0.1, -0.05) is 0 Å². The summed E-state index contributed by atoms with van der Waals surface area (Å²) in [4.78, 5) is 26.2. The molecule has 1 saturated heterocycles. The van der Waals surface area contributed by atoms with E-state index in [9.17, 15) is 4.79 Å². The largest absolute Gasteiger partial charge is 0.481 e. The molecule has 2 aromatic rings. The lowest BCUT2D eigenvalue weighted by atomic mass is 9.97. The molecule has 0 spiro atoms. The molecule has 0 atom stereocenters. The van der Waals surface area contributed by atoms with Crippen LogP contribution in [-0.4, -0.2) is 48.2 Å². The van der Waals surface area contributed by atoms with Crippen molar-refractivity contribution in [1.82, 2.24) is 15.0 Å². The summed E-state index contributed by atoms with van der Waals surface area (Å²) in [6.45, 7) is 1.67. The topological polar surface area (TPSA) is 103 Å². The smallest absolute Gasteiger partial charge is 0.321 e. The zero-order chi connectivity index (χ0) is 17.1. The monoisotopic (exact) mass is 349 g/mol. The van der Waals surface area contributed by atoms with E-state index in [0.29, 0.717) is 17.5 Å². The van der Waals surface area contributed by atoms with Gasteiger partial charge in [-0.3, -0.25) is 4.79 Å². The molecule has 1 fully saturated rings. The SMILES string of the molecule is COc1cc(N2CCC(c3nc(C(N)=O)cs3)CC2)nc(OC)n1. The summed E-state index contributed by atoms with van der Waals surface area (Å²) in [6.07, 6.45) is 1.86. The van der Waals surface area contributed by atoms with Crippen LogP contribution in [0.4, 0.5) is 5.82 Å². The second-order valence-corrected chi connectivity index (χ2v) is 6.34. The van der Waals surface area contributed by atoms with E-state index >= 15 is 0 Å². The number of nitrogens with zero attached hydrogens (tertiary/aromatic N) is 4. The molecular formula is C15H19N5O3S. The fourth-order valence-corrected chi connectivity index (χ4v) is 3.67. The van der Waals surface area contributed by atoms with Crippen molar-refractivity contribution in [3.8, 4) is 11.9 Å². The zero-order valence-electron chi connectivity index (χ0n) is 13.6. The van der Waals surface area contributed by atoms with E-state index in [4.69, 9.17) is 15.2 Å². The Labute approximate surface area is 143 Å². The molecule has 1 amide bonds. The van der Waals surface area contributed by atoms with Gasteiger partial charge in [-0.05, 0) is 12.8 Å². The first-order valence-electron chi connectivity index (χ1n) is 7.58. The average Bonchev–Trinajstić information content (AvgIpc) is 3.12. The van der Waals surface area contributed by atoms with E-state index in [0.717, 1.165) is 36.8 Å². The molecule has 0 aromatic carbocycles. The number of hydrogen-bond donors (Lipinski definition) is 1. The number of methoxy groups -OCH3 is 2. The maximum Gasteiger partial charge on any atom is 0.321 e. The van der Waals surface area contributed by atoms with Crippen LogP contribution in [0, 0.1) is 0 Å². The first kappa shape index (κ1) is 16.4. The second kappa shape index (κ2) is 7.00. The first-order chi connectivity index (χ1) is 11.6. The lowest BCUT2D eigenvalue weighted by Crippen LogP contribution is -2.33. The van der Waals surface area contributed by atoms with Crippen LogP contribution in [-0.2, 0) is 0 Å². The van der Waals surface area contributed by atoms with Crippen LogP contribution in [0.1, 0.15) is 34.3 Å². The molecule has 0 bridgehead atoms. The van der Waals surface area contributed by atoms with E-state index < -0.39 is 5.91 Å². The van der Waals surface area contributed by atoms with Crippen LogP contribution in [0.5, 0.6) is 11.9 Å². The van der Waals surface area contributed by atoms with Crippen LogP contribution >= 0.6 is 11.3 Å². The lowest BCUT2D eigenvalue weighted by molar-refractivity contribution is 0.0996. The highest BCUT2D eigenvalue weighted by Gasteiger charge is 2.25. The first-order valence-corrected chi connectivity index (χ1v) is 8.46. The fourth-order valence-electron chi connectivity index (χ4n) is 2.69. The number of thiazole rings is 1. The molecule has 128 valence electrons. The average molecular weight is 349 g/mol. The van der Waals surface area contributed by atoms with Gasteiger partial charge in [-0.15, -0.1) is 11.3 Å². The molecule has 3 heterocycles. The van der Waals surface area contributed by atoms with Gasteiger partial charge in [0.05, 0.1) is 19.2 Å². The molecule has 8 nitrogen and oxygen atoms in total. The Kier molecular flexibility index (Phi) is 4.79. The predicted octanol–water partition coefficient (Wildman–Crippen LogP) is 1.43. The molecule has 1 aliphatic heterocycles. The van der Waals surface area contributed by atoms with E-state index in [-0.39, 0.29) is 6.01 Å². The van der Waals surface area contributed by atoms with Gasteiger partial charge < -0.3 is 20.1 Å². The lowest BCUT2D eigenvalue weighted by Gasteiger charge is -2.32. The number of carbonyl (C=O) groups excluding carboxylic acids is 1. The van der Waals surface area contributed by atoms with E-state index in [1.807, 2.05) is 0 Å². The summed E-state index contributed by atoms with van der Waals surface area (Å²) in [7, 11) is 3.10. The maximum absolute atomic E-state index is 11.2. The van der Waals surface area contributed by atoms with Crippen LogP contribution in [0.15, 0.2) is 11.4 Å². The van der Waals surface area contributed by atoms with Crippen LogP contribution in [0.25, 0.3) is 0 Å². The number of ether oxygens (including phenoxy) is 2. The molecule has 2 N–H and O–H groups in total. The van der Waals surface area contributed by atoms with Crippen molar-refractivity contribution < 1.29 is 14.3 Å². The van der Waals surface area contributed by atoms with Crippen LogP contribution in [0.2, 0.25) is 0 Å². The number of hydrogen-bond acceptors (Lipinski definition) is 8. The van der Waals surface area contributed by atoms with E-state index in [1.54, 1.807) is 18.6 Å². The number of aromatic nitrogens is 3. The molecule has 0 radical (unpaired) electrons. The Hall–Kier alpha value is -2.42. The van der Waals surface area contributed by atoms with E-state index in [2.05, 4.69) is 19.9 Å². The molecule has 1 aliphatic rings. The quantitative estimate of drug-likeness (QED) is 0.871. The highest BCUT2D eigenvalue weighted by molar-refractivity contribution is 7.09. The molecule has 3 rings (SSSR count). The number of nitrogens with two attached hydrogens (primary N) is 1.